The summed E-state index contributed by atoms with van der Waals surface area (Å²) >= 11 is 0. The van der Waals surface area contributed by atoms with Crippen molar-refractivity contribution in [1.82, 2.24) is 19.7 Å². The summed E-state index contributed by atoms with van der Waals surface area (Å²) in [6.45, 7) is 1.25. The molecule has 9 nitrogen and oxygen atoms in total. The SMILES string of the molecule is O=C(Nc1cnccn1)C(CC1CCOCC1)n1cc2c(S(=O)(=O)C3CC3)c(F)ccc2n1. The van der Waals surface area contributed by atoms with E-state index in [-0.39, 0.29) is 22.1 Å². The molecule has 1 saturated heterocycles. The Morgan fingerprint density at radius 2 is 2.00 bits per heavy atom. The van der Waals surface area contributed by atoms with E-state index in [4.69, 9.17) is 4.74 Å². The number of halogens is 1. The number of rotatable bonds is 7. The number of sulfone groups is 1. The van der Waals surface area contributed by atoms with Gasteiger partial charge < -0.3 is 10.1 Å². The second kappa shape index (κ2) is 8.79. The maximum Gasteiger partial charge on any atom is 0.250 e. The first-order valence-corrected chi connectivity index (χ1v) is 12.5. The summed E-state index contributed by atoms with van der Waals surface area (Å²) in [5.41, 5.74) is 0.333. The van der Waals surface area contributed by atoms with Crippen LogP contribution in [0.5, 0.6) is 0 Å². The highest BCUT2D eigenvalue weighted by Gasteiger charge is 2.40. The van der Waals surface area contributed by atoms with Crippen LogP contribution in [-0.4, -0.2) is 52.5 Å². The second-order valence-electron chi connectivity index (χ2n) is 8.55. The maximum atomic E-state index is 14.7. The Balaban J connectivity index is 1.53. The van der Waals surface area contributed by atoms with Gasteiger partial charge in [0.25, 0.3) is 0 Å². The van der Waals surface area contributed by atoms with Crippen LogP contribution < -0.4 is 5.32 Å². The summed E-state index contributed by atoms with van der Waals surface area (Å²) < 4.78 is 47.4. The minimum atomic E-state index is -3.80. The Kier molecular flexibility index (Phi) is 5.83. The molecule has 1 amide bonds. The van der Waals surface area contributed by atoms with E-state index in [9.17, 15) is 17.6 Å². The fourth-order valence-electron chi connectivity index (χ4n) is 4.26. The third-order valence-corrected chi connectivity index (χ3v) is 8.52. The van der Waals surface area contributed by atoms with E-state index in [1.165, 1.54) is 35.5 Å². The maximum absolute atomic E-state index is 14.7. The van der Waals surface area contributed by atoms with Gasteiger partial charge in [0.05, 0.1) is 17.0 Å². The van der Waals surface area contributed by atoms with E-state index in [1.54, 1.807) is 0 Å². The molecule has 174 valence electrons. The van der Waals surface area contributed by atoms with Crippen molar-refractivity contribution in [2.45, 2.75) is 48.3 Å². The van der Waals surface area contributed by atoms with E-state index in [2.05, 4.69) is 20.4 Å². The van der Waals surface area contributed by atoms with Gasteiger partial charge in [0.15, 0.2) is 15.7 Å². The summed E-state index contributed by atoms with van der Waals surface area (Å²) in [5, 5.41) is 6.90. The summed E-state index contributed by atoms with van der Waals surface area (Å²) in [6.07, 6.45) is 9.06. The van der Waals surface area contributed by atoms with Gasteiger partial charge in [-0.2, -0.15) is 5.10 Å². The van der Waals surface area contributed by atoms with Crippen LogP contribution in [0, 0.1) is 11.7 Å². The van der Waals surface area contributed by atoms with E-state index in [1.807, 2.05) is 0 Å². The zero-order chi connectivity index (χ0) is 23.0. The predicted molar refractivity (Wildman–Crippen MR) is 118 cm³/mol. The molecule has 3 aromatic rings. The lowest BCUT2D eigenvalue weighted by molar-refractivity contribution is -0.120. The Hall–Kier alpha value is -2.92. The van der Waals surface area contributed by atoms with Gasteiger partial charge in [0.1, 0.15) is 16.8 Å². The van der Waals surface area contributed by atoms with Crippen molar-refractivity contribution >= 4 is 32.5 Å². The first-order chi connectivity index (χ1) is 15.9. The second-order valence-corrected chi connectivity index (χ2v) is 10.7. The molecule has 2 fully saturated rings. The number of benzene rings is 1. The van der Waals surface area contributed by atoms with Crippen LogP contribution in [0.15, 0.2) is 41.8 Å². The number of hydrogen-bond acceptors (Lipinski definition) is 7. The molecule has 1 aliphatic carbocycles. The average Bonchev–Trinajstić information content (AvgIpc) is 3.59. The Bertz CT molecular complexity index is 1270. The van der Waals surface area contributed by atoms with Crippen molar-refractivity contribution < 1.29 is 22.3 Å². The Morgan fingerprint density at radius 1 is 1.21 bits per heavy atom. The van der Waals surface area contributed by atoms with E-state index < -0.39 is 26.9 Å². The van der Waals surface area contributed by atoms with Crippen LogP contribution in [0.2, 0.25) is 0 Å². The quantitative estimate of drug-likeness (QED) is 0.561. The number of nitrogens with one attached hydrogen (secondary N) is 1. The number of fused-ring (bicyclic) bond motifs is 1. The van der Waals surface area contributed by atoms with Crippen molar-refractivity contribution in [2.75, 3.05) is 18.5 Å². The minimum Gasteiger partial charge on any atom is -0.381 e. The summed E-state index contributed by atoms with van der Waals surface area (Å²) in [5.74, 6) is -0.602. The van der Waals surface area contributed by atoms with Crippen molar-refractivity contribution in [3.63, 3.8) is 0 Å². The monoisotopic (exact) mass is 473 g/mol. The molecule has 2 aromatic heterocycles. The number of anilines is 1. The molecule has 1 unspecified atom stereocenters. The minimum absolute atomic E-state index is 0.200. The lowest BCUT2D eigenvalue weighted by Gasteiger charge is -2.26. The molecule has 2 aliphatic rings. The van der Waals surface area contributed by atoms with E-state index in [0.717, 1.165) is 18.9 Å². The summed E-state index contributed by atoms with van der Waals surface area (Å²) in [6, 6.07) is 1.84. The van der Waals surface area contributed by atoms with Crippen molar-refractivity contribution in [3.05, 3.63) is 42.7 Å². The number of carbonyl (C=O) groups excluding carboxylic acids is 1. The lowest BCUT2D eigenvalue weighted by atomic mass is 9.92. The fourth-order valence-corrected chi connectivity index (χ4v) is 6.15. The van der Waals surface area contributed by atoms with Crippen LogP contribution in [0.4, 0.5) is 10.2 Å². The molecule has 11 heteroatoms. The predicted octanol–water partition coefficient (Wildman–Crippen LogP) is 2.90. The topological polar surface area (TPSA) is 116 Å². The third kappa shape index (κ3) is 4.47. The number of aromatic nitrogens is 4. The highest BCUT2D eigenvalue weighted by Crippen LogP contribution is 2.38. The number of hydrogen-bond donors (Lipinski definition) is 1. The first-order valence-electron chi connectivity index (χ1n) is 11.0. The third-order valence-electron chi connectivity index (χ3n) is 6.19. The lowest BCUT2D eigenvalue weighted by Crippen LogP contribution is -2.30. The first kappa shape index (κ1) is 21.9. The number of amides is 1. The summed E-state index contributed by atoms with van der Waals surface area (Å²) in [7, 11) is -3.80. The van der Waals surface area contributed by atoms with E-state index in [0.29, 0.717) is 43.8 Å². The van der Waals surface area contributed by atoms with Gasteiger partial charge in [-0.05, 0) is 50.2 Å². The Morgan fingerprint density at radius 3 is 2.70 bits per heavy atom. The molecule has 5 rings (SSSR count). The van der Waals surface area contributed by atoms with Crippen molar-refractivity contribution in [1.29, 1.82) is 0 Å². The zero-order valence-corrected chi connectivity index (χ0v) is 18.7. The molecule has 1 aliphatic heterocycles. The molecule has 0 spiro atoms. The molecular formula is C22H24FN5O4S. The van der Waals surface area contributed by atoms with Gasteiger partial charge in [-0.25, -0.2) is 17.8 Å². The van der Waals surface area contributed by atoms with Gasteiger partial charge in [0.2, 0.25) is 5.91 Å². The molecule has 1 atom stereocenters. The smallest absolute Gasteiger partial charge is 0.250 e. The molecule has 33 heavy (non-hydrogen) atoms. The number of ether oxygens (including phenoxy) is 1. The van der Waals surface area contributed by atoms with Gasteiger partial charge >= 0.3 is 0 Å². The van der Waals surface area contributed by atoms with Gasteiger partial charge in [-0.15, -0.1) is 0 Å². The molecule has 1 N–H and O–H groups in total. The fraction of sp³-hybridized carbons (Fsp3) is 0.455. The molecule has 3 heterocycles. The highest BCUT2D eigenvalue weighted by atomic mass is 32.2. The molecule has 0 bridgehead atoms. The molecule has 1 aromatic carbocycles. The van der Waals surface area contributed by atoms with Gasteiger partial charge in [0, 0.05) is 37.2 Å². The average molecular weight is 474 g/mol. The zero-order valence-electron chi connectivity index (χ0n) is 17.9. The van der Waals surface area contributed by atoms with Gasteiger partial charge in [-0.1, -0.05) is 0 Å². The normalized spacial score (nSPS) is 18.3. The largest absolute Gasteiger partial charge is 0.381 e. The van der Waals surface area contributed by atoms with Crippen LogP contribution in [0.25, 0.3) is 10.9 Å². The highest BCUT2D eigenvalue weighted by molar-refractivity contribution is 7.92. The van der Waals surface area contributed by atoms with Crippen LogP contribution >= 0.6 is 0 Å². The van der Waals surface area contributed by atoms with Crippen molar-refractivity contribution in [2.24, 2.45) is 5.92 Å². The Labute approximate surface area is 190 Å². The van der Waals surface area contributed by atoms with Crippen LogP contribution in [0.3, 0.4) is 0 Å². The van der Waals surface area contributed by atoms with Crippen LogP contribution in [-0.2, 0) is 19.4 Å². The summed E-state index contributed by atoms with van der Waals surface area (Å²) in [4.78, 5) is 21.0. The number of nitrogens with zero attached hydrogens (tertiary/aromatic N) is 4. The van der Waals surface area contributed by atoms with E-state index >= 15 is 0 Å². The molecule has 1 saturated carbocycles. The van der Waals surface area contributed by atoms with Gasteiger partial charge in [-0.3, -0.25) is 14.5 Å². The van der Waals surface area contributed by atoms with Crippen molar-refractivity contribution in [3.8, 4) is 0 Å². The standard InChI is InChI=1S/C22H24FN5O4S/c23-17-3-4-18-16(21(17)33(30,31)15-1-2-15)13-28(27-18)19(11-14-5-9-32-10-6-14)22(29)26-20-12-24-7-8-25-20/h3-4,7-8,12-15,19H,1-2,5-6,9-11H2,(H,25,26,29). The number of carbonyl (C=O) groups is 1. The van der Waals surface area contributed by atoms with Crippen LogP contribution in [0.1, 0.15) is 38.1 Å². The molecular weight excluding hydrogens is 449 g/mol. The molecule has 0 radical (unpaired) electrons.